The molecule has 1 nitrogen and oxygen atoms in total. The van der Waals surface area contributed by atoms with E-state index < -0.39 is 7.45 Å². The van der Waals surface area contributed by atoms with E-state index in [1.54, 1.807) is 24.3 Å². The van der Waals surface area contributed by atoms with E-state index in [1.165, 1.54) is 24.3 Å². The summed E-state index contributed by atoms with van der Waals surface area (Å²) in [5, 5.41) is 0.422. The minimum atomic E-state index is -3.98. The Kier molecular flexibility index (Phi) is 3.86. The van der Waals surface area contributed by atoms with Crippen molar-refractivity contribution in [1.29, 1.82) is 0 Å². The third-order valence-electron chi connectivity index (χ3n) is 2.32. The monoisotopic (exact) mass is 376 g/mol. The highest BCUT2D eigenvalue weighted by Crippen LogP contribution is 2.45. The number of halogens is 3. The van der Waals surface area contributed by atoms with Crippen LogP contribution in [0.5, 0.6) is 0 Å². The largest absolute Gasteiger partial charge is 0.300 e. The molecular weight excluding hydrogens is 370 g/mol. The summed E-state index contributed by atoms with van der Waals surface area (Å²) in [5.41, 5.74) is 0. The Bertz CT molecular complexity index is 517. The van der Waals surface area contributed by atoms with Crippen LogP contribution in [0.15, 0.2) is 57.5 Å². The minimum Gasteiger partial charge on any atom is -0.277 e. The lowest BCUT2D eigenvalue weighted by Gasteiger charge is -2.09. The van der Waals surface area contributed by atoms with Gasteiger partial charge < -0.3 is 0 Å². The molecule has 0 aromatic heterocycles. The molecule has 0 saturated heterocycles. The van der Waals surface area contributed by atoms with Crippen molar-refractivity contribution in [3.05, 3.63) is 57.5 Å². The van der Waals surface area contributed by atoms with Crippen LogP contribution in [0.3, 0.4) is 0 Å². The van der Waals surface area contributed by atoms with E-state index in [4.69, 9.17) is 0 Å². The smallest absolute Gasteiger partial charge is 0.277 e. The zero-order valence-electron chi connectivity index (χ0n) is 8.61. The van der Waals surface area contributed by atoms with E-state index in [9.17, 15) is 8.76 Å². The lowest BCUT2D eigenvalue weighted by Crippen LogP contribution is -2.12. The number of hydrogen-bond acceptors (Lipinski definition) is 1. The molecule has 0 heterocycles. The summed E-state index contributed by atoms with van der Waals surface area (Å²) in [6.45, 7) is 0. The summed E-state index contributed by atoms with van der Waals surface area (Å²) in [4.78, 5) is 0. The molecule has 0 N–H and O–H groups in total. The molecule has 0 aliphatic carbocycles. The molecule has 0 atom stereocenters. The van der Waals surface area contributed by atoms with Gasteiger partial charge in [-0.05, 0) is 48.5 Å². The van der Waals surface area contributed by atoms with E-state index in [0.717, 1.165) is 8.95 Å². The van der Waals surface area contributed by atoms with Gasteiger partial charge in [-0.3, -0.25) is 4.57 Å². The molecule has 0 unspecified atom stereocenters. The maximum atomic E-state index is 14.3. The van der Waals surface area contributed by atoms with Gasteiger partial charge in [0.05, 0.1) is 0 Å². The fourth-order valence-corrected chi connectivity index (χ4v) is 3.31. The first kappa shape index (κ1) is 13.0. The number of rotatable bonds is 2. The molecule has 0 fully saturated rings. The standard InChI is InChI=1S/C12H8Br2FOP/c13-9-1-5-11(6-2-9)17(15,16)12-7-3-10(14)4-8-12/h1-8H. The van der Waals surface area contributed by atoms with Gasteiger partial charge in [-0.15, -0.1) is 0 Å². The van der Waals surface area contributed by atoms with Gasteiger partial charge in [-0.1, -0.05) is 31.9 Å². The van der Waals surface area contributed by atoms with Crippen LogP contribution in [0.4, 0.5) is 4.20 Å². The van der Waals surface area contributed by atoms with Crippen molar-refractivity contribution in [3.63, 3.8) is 0 Å². The summed E-state index contributed by atoms with van der Waals surface area (Å²) >= 11 is 6.52. The Labute approximate surface area is 116 Å². The zero-order valence-corrected chi connectivity index (χ0v) is 12.7. The fourth-order valence-electron chi connectivity index (χ4n) is 1.41. The SMILES string of the molecule is O=P(F)(c1ccc(Br)cc1)c1ccc(Br)cc1. The quantitative estimate of drug-likeness (QED) is 0.708. The molecular formula is C12H8Br2FOP. The van der Waals surface area contributed by atoms with Crippen molar-refractivity contribution in [2.24, 2.45) is 0 Å². The predicted molar refractivity (Wildman–Crippen MR) is 76.3 cm³/mol. The van der Waals surface area contributed by atoms with Crippen LogP contribution in [0.25, 0.3) is 0 Å². The van der Waals surface area contributed by atoms with Gasteiger partial charge in [0.1, 0.15) is 0 Å². The van der Waals surface area contributed by atoms with Gasteiger partial charge in [-0.2, -0.15) is 4.20 Å². The van der Waals surface area contributed by atoms with Gasteiger partial charge >= 0.3 is 0 Å². The van der Waals surface area contributed by atoms with E-state index in [-0.39, 0.29) is 10.6 Å². The Balaban J connectivity index is 2.45. The Morgan fingerprint density at radius 2 is 1.06 bits per heavy atom. The van der Waals surface area contributed by atoms with Crippen LogP contribution in [-0.4, -0.2) is 0 Å². The van der Waals surface area contributed by atoms with Crippen molar-refractivity contribution >= 4 is 49.9 Å². The van der Waals surface area contributed by atoms with Crippen LogP contribution in [0, 0.1) is 0 Å². The minimum absolute atomic E-state index is 0.211. The average molecular weight is 378 g/mol. The third-order valence-corrected chi connectivity index (χ3v) is 5.30. The van der Waals surface area contributed by atoms with E-state index in [1.807, 2.05) is 0 Å². The van der Waals surface area contributed by atoms with Crippen LogP contribution >= 0.6 is 39.3 Å². The topological polar surface area (TPSA) is 17.1 Å². The second-order valence-corrected chi connectivity index (χ2v) is 7.41. The molecule has 2 rings (SSSR count). The second kappa shape index (κ2) is 5.05. The van der Waals surface area contributed by atoms with Crippen molar-refractivity contribution < 1.29 is 8.76 Å². The summed E-state index contributed by atoms with van der Waals surface area (Å²) < 4.78 is 28.1. The van der Waals surface area contributed by atoms with Crippen LogP contribution < -0.4 is 10.6 Å². The normalized spacial score (nSPS) is 11.5. The molecule has 0 bridgehead atoms. The molecule has 0 aliphatic heterocycles. The van der Waals surface area contributed by atoms with Crippen LogP contribution in [-0.2, 0) is 4.57 Å². The summed E-state index contributed by atoms with van der Waals surface area (Å²) in [5.74, 6) is 0. The molecule has 0 radical (unpaired) electrons. The molecule has 2 aromatic rings. The first-order valence-corrected chi connectivity index (χ1v) is 8.00. The summed E-state index contributed by atoms with van der Waals surface area (Å²) in [6, 6.07) is 12.9. The van der Waals surface area contributed by atoms with E-state index >= 15 is 0 Å². The van der Waals surface area contributed by atoms with Gasteiger partial charge in [0.25, 0.3) is 7.45 Å². The molecule has 88 valence electrons. The molecule has 0 spiro atoms. The Morgan fingerprint density at radius 3 is 1.35 bits per heavy atom. The second-order valence-electron chi connectivity index (χ2n) is 3.49. The van der Waals surface area contributed by atoms with Gasteiger partial charge in [0.15, 0.2) is 0 Å². The van der Waals surface area contributed by atoms with Crippen molar-refractivity contribution in [2.75, 3.05) is 0 Å². The third kappa shape index (κ3) is 2.87. The van der Waals surface area contributed by atoms with Gasteiger partial charge in [-0.25, -0.2) is 0 Å². The van der Waals surface area contributed by atoms with E-state index in [2.05, 4.69) is 31.9 Å². The molecule has 0 amide bonds. The maximum absolute atomic E-state index is 14.3. The molecule has 2 aromatic carbocycles. The lowest BCUT2D eigenvalue weighted by atomic mass is 10.4. The van der Waals surface area contributed by atoms with Gasteiger partial charge in [0, 0.05) is 19.6 Å². The first-order chi connectivity index (χ1) is 8.00. The highest BCUT2D eigenvalue weighted by Gasteiger charge is 2.26. The molecule has 5 heteroatoms. The van der Waals surface area contributed by atoms with Gasteiger partial charge in [0.2, 0.25) is 0 Å². The molecule has 0 saturated carbocycles. The van der Waals surface area contributed by atoms with Crippen LogP contribution in [0.1, 0.15) is 0 Å². The average Bonchev–Trinajstić information content (AvgIpc) is 2.30. The number of hydrogen-bond donors (Lipinski definition) is 0. The molecule has 0 aliphatic rings. The first-order valence-electron chi connectivity index (χ1n) is 4.82. The number of benzene rings is 2. The van der Waals surface area contributed by atoms with Crippen molar-refractivity contribution in [2.45, 2.75) is 0 Å². The lowest BCUT2D eigenvalue weighted by molar-refractivity contribution is 0.558. The highest BCUT2D eigenvalue weighted by atomic mass is 79.9. The van der Waals surface area contributed by atoms with Crippen LogP contribution in [0.2, 0.25) is 0 Å². The Morgan fingerprint density at radius 1 is 0.765 bits per heavy atom. The summed E-state index contributed by atoms with van der Waals surface area (Å²) in [6.07, 6.45) is 0. The summed E-state index contributed by atoms with van der Waals surface area (Å²) in [7, 11) is -3.98. The molecule has 17 heavy (non-hydrogen) atoms. The highest BCUT2D eigenvalue weighted by molar-refractivity contribution is 9.10. The predicted octanol–water partition coefficient (Wildman–Crippen LogP) is 4.41. The van der Waals surface area contributed by atoms with Crippen molar-refractivity contribution in [1.82, 2.24) is 0 Å². The van der Waals surface area contributed by atoms with E-state index in [0.29, 0.717) is 0 Å². The fraction of sp³-hybridized carbons (Fsp3) is 0. The maximum Gasteiger partial charge on any atom is 0.300 e. The Hall–Kier alpha value is -0.440. The van der Waals surface area contributed by atoms with Crippen molar-refractivity contribution in [3.8, 4) is 0 Å². The zero-order chi connectivity index (χ0) is 12.5.